The number of aromatic nitrogens is 2. The number of hydrogen-bond donors (Lipinski definition) is 3. The maximum atomic E-state index is 11.4. The molecule has 0 bridgehead atoms. The van der Waals surface area contributed by atoms with E-state index in [0.29, 0.717) is 12.2 Å². The standard InChI is InChI=1S/C7H11N3O4S/c1-2-5-8-3-6(10-5)15(13,14)9-4-7(11)12/h3,9H,2,4H2,1H3,(H,8,10)(H,11,12). The summed E-state index contributed by atoms with van der Waals surface area (Å²) < 4.78 is 24.8. The zero-order valence-corrected chi connectivity index (χ0v) is 8.84. The fourth-order valence-corrected chi connectivity index (χ4v) is 1.81. The van der Waals surface area contributed by atoms with Gasteiger partial charge in [-0.15, -0.1) is 0 Å². The quantitative estimate of drug-likeness (QED) is 0.624. The highest BCUT2D eigenvalue weighted by molar-refractivity contribution is 7.89. The molecule has 0 fully saturated rings. The van der Waals surface area contributed by atoms with Crippen LogP contribution in [0.2, 0.25) is 0 Å². The van der Waals surface area contributed by atoms with Crippen molar-refractivity contribution in [1.29, 1.82) is 0 Å². The lowest BCUT2D eigenvalue weighted by Crippen LogP contribution is -2.29. The molecule has 0 aliphatic heterocycles. The summed E-state index contributed by atoms with van der Waals surface area (Å²) in [5, 5.41) is 8.20. The molecular formula is C7H11N3O4S. The number of aliphatic carboxylic acids is 1. The van der Waals surface area contributed by atoms with E-state index in [1.807, 2.05) is 11.6 Å². The first-order chi connectivity index (χ1) is 6.95. The predicted octanol–water partition coefficient (Wildman–Crippen LogP) is -0.665. The lowest BCUT2D eigenvalue weighted by molar-refractivity contribution is -0.135. The Morgan fingerprint density at radius 1 is 1.67 bits per heavy atom. The van der Waals surface area contributed by atoms with Crippen molar-refractivity contribution in [2.75, 3.05) is 6.54 Å². The summed E-state index contributed by atoms with van der Waals surface area (Å²) in [7, 11) is -3.79. The Balaban J connectivity index is 2.81. The van der Waals surface area contributed by atoms with E-state index in [1.165, 1.54) is 0 Å². The molecule has 3 N–H and O–H groups in total. The van der Waals surface area contributed by atoms with Gasteiger partial charge in [-0.3, -0.25) is 4.79 Å². The van der Waals surface area contributed by atoms with Crippen LogP contribution in [-0.4, -0.2) is 36.0 Å². The van der Waals surface area contributed by atoms with E-state index >= 15 is 0 Å². The summed E-state index contributed by atoms with van der Waals surface area (Å²) >= 11 is 0. The maximum absolute atomic E-state index is 11.4. The van der Waals surface area contributed by atoms with Crippen LogP contribution in [0.25, 0.3) is 0 Å². The normalized spacial score (nSPS) is 11.5. The molecule has 84 valence electrons. The van der Waals surface area contributed by atoms with Gasteiger partial charge >= 0.3 is 5.97 Å². The lowest BCUT2D eigenvalue weighted by Gasteiger charge is -2.00. The molecule has 0 aliphatic rings. The summed E-state index contributed by atoms with van der Waals surface area (Å²) in [5.74, 6) is -0.709. The van der Waals surface area contributed by atoms with Gasteiger partial charge < -0.3 is 10.1 Å². The Morgan fingerprint density at radius 3 is 2.80 bits per heavy atom. The fourth-order valence-electron chi connectivity index (χ4n) is 0.894. The van der Waals surface area contributed by atoms with Crippen LogP contribution >= 0.6 is 0 Å². The highest BCUT2D eigenvalue weighted by atomic mass is 32.2. The van der Waals surface area contributed by atoms with Crippen LogP contribution in [0.1, 0.15) is 12.7 Å². The largest absolute Gasteiger partial charge is 0.480 e. The second-order valence-corrected chi connectivity index (χ2v) is 4.50. The summed E-state index contributed by atoms with van der Waals surface area (Å²) in [6, 6.07) is 0. The smallest absolute Gasteiger partial charge is 0.318 e. The van der Waals surface area contributed by atoms with Gasteiger partial charge in [0.25, 0.3) is 10.0 Å². The average Bonchev–Trinajstić information content (AvgIpc) is 2.63. The van der Waals surface area contributed by atoms with Gasteiger partial charge in [0.15, 0.2) is 5.03 Å². The number of carbonyl (C=O) groups is 1. The van der Waals surface area contributed by atoms with Gasteiger partial charge in [0.05, 0.1) is 6.20 Å². The van der Waals surface area contributed by atoms with Crippen LogP contribution in [0, 0.1) is 0 Å². The Hall–Kier alpha value is -1.41. The molecule has 0 aromatic carbocycles. The van der Waals surface area contributed by atoms with Crippen LogP contribution in [0.5, 0.6) is 0 Å². The monoisotopic (exact) mass is 233 g/mol. The topological polar surface area (TPSA) is 112 Å². The van der Waals surface area contributed by atoms with Crippen molar-refractivity contribution < 1.29 is 18.3 Å². The summed E-state index contributed by atoms with van der Waals surface area (Å²) in [6.07, 6.45) is 1.73. The first-order valence-electron chi connectivity index (χ1n) is 4.21. The minimum atomic E-state index is -3.79. The third kappa shape index (κ3) is 3.03. The number of H-pyrrole nitrogens is 1. The Morgan fingerprint density at radius 2 is 2.33 bits per heavy atom. The number of sulfonamides is 1. The maximum Gasteiger partial charge on any atom is 0.318 e. The van der Waals surface area contributed by atoms with Gasteiger partial charge in [0.1, 0.15) is 12.4 Å². The molecule has 0 amide bonds. The van der Waals surface area contributed by atoms with E-state index in [1.54, 1.807) is 0 Å². The number of carboxylic acids is 1. The highest BCUT2D eigenvalue weighted by Gasteiger charge is 2.17. The summed E-state index contributed by atoms with van der Waals surface area (Å²) in [4.78, 5) is 16.6. The third-order valence-electron chi connectivity index (χ3n) is 1.64. The number of rotatable bonds is 5. The number of nitrogens with zero attached hydrogens (tertiary/aromatic N) is 1. The molecule has 0 unspecified atom stereocenters. The van der Waals surface area contributed by atoms with E-state index in [4.69, 9.17) is 5.11 Å². The molecular weight excluding hydrogens is 222 g/mol. The van der Waals surface area contributed by atoms with Crippen molar-refractivity contribution in [3.05, 3.63) is 12.0 Å². The molecule has 0 saturated heterocycles. The van der Waals surface area contributed by atoms with Crippen molar-refractivity contribution in [2.45, 2.75) is 18.4 Å². The number of hydrogen-bond acceptors (Lipinski definition) is 4. The zero-order chi connectivity index (χ0) is 11.5. The van der Waals surface area contributed by atoms with E-state index < -0.39 is 22.5 Å². The third-order valence-corrected chi connectivity index (χ3v) is 2.95. The molecule has 0 aliphatic carbocycles. The minimum Gasteiger partial charge on any atom is -0.480 e. The van der Waals surface area contributed by atoms with Gasteiger partial charge in [-0.05, 0) is 0 Å². The number of nitrogens with one attached hydrogen (secondary N) is 2. The average molecular weight is 233 g/mol. The van der Waals surface area contributed by atoms with Gasteiger partial charge in [0.2, 0.25) is 0 Å². The van der Waals surface area contributed by atoms with Gasteiger partial charge in [-0.2, -0.15) is 4.72 Å². The molecule has 15 heavy (non-hydrogen) atoms. The number of carboxylic acid groups (broad SMARTS) is 1. The van der Waals surface area contributed by atoms with Gasteiger partial charge in [-0.1, -0.05) is 6.92 Å². The number of aryl methyl sites for hydroxylation is 1. The minimum absolute atomic E-state index is 0.124. The molecule has 0 atom stereocenters. The Kier molecular flexibility index (Phi) is 3.43. The SMILES string of the molecule is CCc1ncc(S(=O)(=O)NCC(=O)O)[nH]1. The lowest BCUT2D eigenvalue weighted by atomic mass is 10.5. The molecule has 1 aromatic rings. The fraction of sp³-hybridized carbons (Fsp3) is 0.429. The molecule has 7 nitrogen and oxygen atoms in total. The second kappa shape index (κ2) is 4.41. The summed E-state index contributed by atoms with van der Waals surface area (Å²) in [6.45, 7) is 1.17. The molecule has 0 spiro atoms. The Bertz CT molecular complexity index is 451. The van der Waals surface area contributed by atoms with Crippen LogP contribution < -0.4 is 4.72 Å². The van der Waals surface area contributed by atoms with Crippen LogP contribution in [-0.2, 0) is 21.2 Å². The first kappa shape index (κ1) is 11.7. The zero-order valence-electron chi connectivity index (χ0n) is 8.02. The second-order valence-electron chi connectivity index (χ2n) is 2.77. The molecule has 8 heteroatoms. The van der Waals surface area contributed by atoms with Crippen LogP contribution in [0.3, 0.4) is 0 Å². The van der Waals surface area contributed by atoms with E-state index in [0.717, 1.165) is 6.20 Å². The van der Waals surface area contributed by atoms with Crippen LogP contribution in [0.4, 0.5) is 0 Å². The predicted molar refractivity (Wildman–Crippen MR) is 50.8 cm³/mol. The number of aromatic amines is 1. The summed E-state index contributed by atoms with van der Waals surface area (Å²) in [5.41, 5.74) is 0. The molecule has 1 rings (SSSR count). The number of imidazole rings is 1. The van der Waals surface area contributed by atoms with Crippen molar-refractivity contribution in [1.82, 2.24) is 14.7 Å². The molecule has 0 radical (unpaired) electrons. The molecule has 1 heterocycles. The van der Waals surface area contributed by atoms with Gasteiger partial charge in [-0.25, -0.2) is 13.4 Å². The van der Waals surface area contributed by atoms with E-state index in [-0.39, 0.29) is 5.03 Å². The van der Waals surface area contributed by atoms with E-state index in [2.05, 4.69) is 9.97 Å². The Labute approximate surface area is 86.6 Å². The van der Waals surface area contributed by atoms with E-state index in [9.17, 15) is 13.2 Å². The highest BCUT2D eigenvalue weighted by Crippen LogP contribution is 2.05. The first-order valence-corrected chi connectivity index (χ1v) is 5.69. The van der Waals surface area contributed by atoms with Gasteiger partial charge in [0, 0.05) is 6.42 Å². The van der Waals surface area contributed by atoms with Crippen molar-refractivity contribution in [2.24, 2.45) is 0 Å². The van der Waals surface area contributed by atoms with Crippen LogP contribution in [0.15, 0.2) is 11.2 Å². The van der Waals surface area contributed by atoms with Crippen molar-refractivity contribution in [3.8, 4) is 0 Å². The molecule has 0 saturated carbocycles. The van der Waals surface area contributed by atoms with Crippen molar-refractivity contribution >= 4 is 16.0 Å². The molecule has 1 aromatic heterocycles. The van der Waals surface area contributed by atoms with Crippen molar-refractivity contribution in [3.63, 3.8) is 0 Å².